The largest absolute Gasteiger partial charge is 0.463 e. The van der Waals surface area contributed by atoms with E-state index in [2.05, 4.69) is 9.88 Å². The van der Waals surface area contributed by atoms with Gasteiger partial charge in [0.1, 0.15) is 11.7 Å². The van der Waals surface area contributed by atoms with E-state index in [1.54, 1.807) is 12.3 Å². The smallest absolute Gasteiger partial charge is 0.320 e. The molecule has 0 radical (unpaired) electrons. The van der Waals surface area contributed by atoms with Gasteiger partial charge >= 0.3 is 12.0 Å². The Morgan fingerprint density at radius 2 is 1.81 bits per heavy atom. The van der Waals surface area contributed by atoms with Crippen LogP contribution in [0.15, 0.2) is 18.3 Å². The third-order valence-electron chi connectivity index (χ3n) is 6.16. The van der Waals surface area contributed by atoms with Crippen molar-refractivity contribution in [1.82, 2.24) is 14.8 Å². The minimum atomic E-state index is -0.108. The Morgan fingerprint density at radius 1 is 1.16 bits per heavy atom. The minimum absolute atomic E-state index is 0.00310. The van der Waals surface area contributed by atoms with Gasteiger partial charge in [0.15, 0.2) is 0 Å². The number of amidine groups is 1. The molecule has 2 amide bonds. The van der Waals surface area contributed by atoms with Crippen molar-refractivity contribution in [3.8, 4) is 0 Å². The Hall–Kier alpha value is -2.84. The number of hydrogen-bond acceptors (Lipinski definition) is 6. The second-order valence-electron chi connectivity index (χ2n) is 8.68. The number of urea groups is 1. The lowest BCUT2D eigenvalue weighted by Crippen LogP contribution is -2.54. The predicted octanol–water partition coefficient (Wildman–Crippen LogP) is 2.05. The fraction of sp³-hybridized carbons (Fsp3) is 0.636. The van der Waals surface area contributed by atoms with Crippen LogP contribution in [0.25, 0.3) is 0 Å². The van der Waals surface area contributed by atoms with Gasteiger partial charge in [-0.2, -0.15) is 0 Å². The number of carbonyl (C=O) groups is 2. The van der Waals surface area contributed by atoms with Gasteiger partial charge in [-0.05, 0) is 51.7 Å². The first-order valence-corrected chi connectivity index (χ1v) is 11.0. The van der Waals surface area contributed by atoms with E-state index in [-0.39, 0.29) is 35.9 Å². The maximum atomic E-state index is 13.0. The number of rotatable bonds is 5. The van der Waals surface area contributed by atoms with Crippen LogP contribution in [-0.2, 0) is 9.53 Å². The fourth-order valence-electron chi connectivity index (χ4n) is 4.27. The maximum Gasteiger partial charge on any atom is 0.320 e. The summed E-state index contributed by atoms with van der Waals surface area (Å²) in [5, 5.41) is 7.46. The lowest BCUT2D eigenvalue weighted by Gasteiger charge is -2.40. The summed E-state index contributed by atoms with van der Waals surface area (Å²) in [4.78, 5) is 35.4. The van der Waals surface area contributed by atoms with Crippen LogP contribution in [0.4, 0.5) is 10.6 Å². The Bertz CT molecular complexity index is 781. The summed E-state index contributed by atoms with van der Waals surface area (Å²) in [6.07, 6.45) is 4.71. The monoisotopic (exact) mass is 430 g/mol. The molecule has 2 fully saturated rings. The molecule has 0 spiro atoms. The first-order chi connectivity index (χ1) is 14.8. The molecular formula is C22H34N6O3. The predicted molar refractivity (Wildman–Crippen MR) is 119 cm³/mol. The van der Waals surface area contributed by atoms with E-state index in [4.69, 9.17) is 15.9 Å². The zero-order valence-corrected chi connectivity index (χ0v) is 18.7. The van der Waals surface area contributed by atoms with Gasteiger partial charge in [0.05, 0.1) is 12.0 Å². The number of amides is 2. The highest BCUT2D eigenvalue weighted by Crippen LogP contribution is 2.29. The highest BCUT2D eigenvalue weighted by molar-refractivity contribution is 5.94. The average molecular weight is 431 g/mol. The summed E-state index contributed by atoms with van der Waals surface area (Å²) in [5.41, 5.74) is 6.09. The van der Waals surface area contributed by atoms with Crippen molar-refractivity contribution in [1.29, 1.82) is 5.41 Å². The van der Waals surface area contributed by atoms with Gasteiger partial charge in [-0.15, -0.1) is 0 Å². The molecule has 31 heavy (non-hydrogen) atoms. The van der Waals surface area contributed by atoms with Gasteiger partial charge in [-0.3, -0.25) is 10.2 Å². The van der Waals surface area contributed by atoms with Crippen molar-refractivity contribution in [3.05, 3.63) is 23.9 Å². The molecule has 1 aliphatic carbocycles. The molecule has 9 nitrogen and oxygen atoms in total. The first-order valence-electron chi connectivity index (χ1n) is 11.0. The van der Waals surface area contributed by atoms with E-state index in [1.165, 1.54) is 0 Å². The topological polar surface area (TPSA) is 116 Å². The zero-order valence-electron chi connectivity index (χ0n) is 18.7. The second kappa shape index (κ2) is 9.98. The maximum absolute atomic E-state index is 13.0. The van der Waals surface area contributed by atoms with Gasteiger partial charge in [-0.25, -0.2) is 9.78 Å². The molecule has 0 unspecified atom stereocenters. The summed E-state index contributed by atoms with van der Waals surface area (Å²) in [6.45, 7) is 6.42. The molecule has 0 bridgehead atoms. The van der Waals surface area contributed by atoms with E-state index >= 15 is 0 Å². The minimum Gasteiger partial charge on any atom is -0.463 e. The van der Waals surface area contributed by atoms with E-state index < -0.39 is 0 Å². The highest BCUT2D eigenvalue weighted by atomic mass is 16.5. The number of nitrogens with one attached hydrogen (secondary N) is 1. The van der Waals surface area contributed by atoms with Crippen molar-refractivity contribution in [2.24, 2.45) is 11.7 Å². The normalized spacial score (nSPS) is 21.7. The molecule has 1 saturated heterocycles. The number of esters is 1. The highest BCUT2D eigenvalue weighted by Gasteiger charge is 2.33. The lowest BCUT2D eigenvalue weighted by molar-refractivity contribution is -0.153. The molecule has 170 valence electrons. The van der Waals surface area contributed by atoms with Crippen LogP contribution < -0.4 is 10.6 Å². The number of nitrogen functional groups attached to an aromatic ring is 1. The number of nitrogens with zero attached hydrogens (tertiary/aromatic N) is 4. The molecule has 3 N–H and O–H groups in total. The van der Waals surface area contributed by atoms with Crippen molar-refractivity contribution < 1.29 is 14.3 Å². The number of carbonyl (C=O) groups excluding carboxylic acids is 2. The van der Waals surface area contributed by atoms with Crippen LogP contribution in [0.1, 0.15) is 45.1 Å². The molecule has 3 rings (SSSR count). The lowest BCUT2D eigenvalue weighted by atomic mass is 9.85. The number of aromatic nitrogens is 1. The molecule has 1 aromatic heterocycles. The van der Waals surface area contributed by atoms with Crippen LogP contribution in [-0.4, -0.2) is 78.0 Å². The standard InChI is InChI=1S/C22H34N6O3/c1-15(2)31-21(29)16-4-7-18(8-5-16)26(3)22(30)28-12-10-27(11-13-28)19-9-6-17(14-25-19)20(23)24/h6,9,14-16,18H,4-5,7-8,10-13H2,1-3H3,(H3,23,24). The quantitative estimate of drug-likeness (QED) is 0.420. The van der Waals surface area contributed by atoms with Crippen molar-refractivity contribution in [2.45, 2.75) is 51.7 Å². The molecule has 9 heteroatoms. The number of pyridine rings is 1. The molecule has 2 aliphatic rings. The van der Waals surface area contributed by atoms with E-state index in [9.17, 15) is 9.59 Å². The molecular weight excluding hydrogens is 396 g/mol. The summed E-state index contributed by atoms with van der Waals surface area (Å²) < 4.78 is 5.34. The number of anilines is 1. The fourth-order valence-corrected chi connectivity index (χ4v) is 4.27. The Balaban J connectivity index is 1.47. The van der Waals surface area contributed by atoms with Crippen LogP contribution >= 0.6 is 0 Å². The summed E-state index contributed by atoms with van der Waals surface area (Å²) >= 11 is 0. The molecule has 2 heterocycles. The van der Waals surface area contributed by atoms with Gasteiger partial charge < -0.3 is 25.2 Å². The van der Waals surface area contributed by atoms with Crippen molar-refractivity contribution >= 4 is 23.7 Å². The third kappa shape index (κ3) is 5.65. The summed E-state index contributed by atoms with van der Waals surface area (Å²) in [5.74, 6) is 0.677. The first kappa shape index (κ1) is 22.8. The average Bonchev–Trinajstić information content (AvgIpc) is 2.78. The van der Waals surface area contributed by atoms with Crippen LogP contribution in [0.2, 0.25) is 0 Å². The number of piperazine rings is 1. The van der Waals surface area contributed by atoms with Gasteiger partial charge in [0.25, 0.3) is 0 Å². The Kier molecular flexibility index (Phi) is 7.35. The second-order valence-corrected chi connectivity index (χ2v) is 8.68. The molecule has 0 atom stereocenters. The van der Waals surface area contributed by atoms with Gasteiger partial charge in [0.2, 0.25) is 0 Å². The number of hydrogen-bond donors (Lipinski definition) is 2. The van der Waals surface area contributed by atoms with E-state index in [0.29, 0.717) is 31.7 Å². The molecule has 1 aromatic rings. The Morgan fingerprint density at radius 3 is 2.32 bits per heavy atom. The zero-order chi connectivity index (χ0) is 22.5. The van der Waals surface area contributed by atoms with Gasteiger partial charge in [0, 0.05) is 51.0 Å². The molecule has 1 saturated carbocycles. The van der Waals surface area contributed by atoms with Gasteiger partial charge in [-0.1, -0.05) is 0 Å². The van der Waals surface area contributed by atoms with Crippen molar-refractivity contribution in [3.63, 3.8) is 0 Å². The summed E-state index contributed by atoms with van der Waals surface area (Å²) in [7, 11) is 1.87. The van der Waals surface area contributed by atoms with Crippen LogP contribution in [0.3, 0.4) is 0 Å². The number of nitrogens with two attached hydrogens (primary N) is 1. The SMILES string of the molecule is CC(C)OC(=O)C1CCC(N(C)C(=O)N2CCN(c3ccc(C(=N)N)cn3)CC2)CC1. The summed E-state index contributed by atoms with van der Waals surface area (Å²) in [6, 6.07) is 3.87. The molecule has 0 aromatic carbocycles. The van der Waals surface area contributed by atoms with Crippen LogP contribution in [0, 0.1) is 11.3 Å². The third-order valence-corrected chi connectivity index (χ3v) is 6.16. The van der Waals surface area contributed by atoms with E-state index in [1.807, 2.05) is 36.8 Å². The Labute approximate surface area is 184 Å². The molecule has 1 aliphatic heterocycles. The number of ether oxygens (including phenoxy) is 1. The van der Waals surface area contributed by atoms with Crippen molar-refractivity contribution in [2.75, 3.05) is 38.1 Å². The van der Waals surface area contributed by atoms with E-state index in [0.717, 1.165) is 31.5 Å². The van der Waals surface area contributed by atoms with Crippen LogP contribution in [0.5, 0.6) is 0 Å².